The third-order valence-corrected chi connectivity index (χ3v) is 5.47. The molecule has 118 valence electrons. The highest BCUT2D eigenvalue weighted by Gasteiger charge is 2.20. The Bertz CT molecular complexity index is 454. The molecule has 0 spiro atoms. The lowest BCUT2D eigenvalue weighted by atomic mass is 9.90. The van der Waals surface area contributed by atoms with Crippen LogP contribution in [0, 0.1) is 5.41 Å². The van der Waals surface area contributed by atoms with Gasteiger partial charge in [-0.15, -0.1) is 11.3 Å². The molecule has 1 aliphatic rings. The van der Waals surface area contributed by atoms with Gasteiger partial charge in [0.1, 0.15) is 0 Å². The standard InChI is InChI=1S/C17H27NO2S/c1-17(2,9-10-19)12-18-16(20)15-11-13-7-5-3-4-6-8-14(13)21-15/h11,19H,3-10,12H2,1-2H3,(H,18,20). The minimum Gasteiger partial charge on any atom is -0.396 e. The zero-order valence-corrected chi connectivity index (χ0v) is 14.0. The van der Waals surface area contributed by atoms with Crippen LogP contribution in [-0.4, -0.2) is 24.2 Å². The summed E-state index contributed by atoms with van der Waals surface area (Å²) in [5.74, 6) is 0.0396. The van der Waals surface area contributed by atoms with Crippen LogP contribution < -0.4 is 5.32 Å². The summed E-state index contributed by atoms with van der Waals surface area (Å²) in [6.45, 7) is 4.90. The summed E-state index contributed by atoms with van der Waals surface area (Å²) in [5, 5.41) is 12.1. The highest BCUT2D eigenvalue weighted by Crippen LogP contribution is 2.28. The van der Waals surface area contributed by atoms with Gasteiger partial charge in [-0.25, -0.2) is 0 Å². The van der Waals surface area contributed by atoms with Gasteiger partial charge in [0.2, 0.25) is 0 Å². The predicted molar refractivity (Wildman–Crippen MR) is 88.0 cm³/mol. The molecule has 0 saturated carbocycles. The molecule has 0 bridgehead atoms. The van der Waals surface area contributed by atoms with Crippen molar-refractivity contribution in [3.8, 4) is 0 Å². The monoisotopic (exact) mass is 309 g/mol. The van der Waals surface area contributed by atoms with Crippen LogP contribution in [0.2, 0.25) is 0 Å². The van der Waals surface area contributed by atoms with Crippen LogP contribution in [0.15, 0.2) is 6.07 Å². The molecule has 1 heterocycles. The van der Waals surface area contributed by atoms with Crippen LogP contribution in [0.25, 0.3) is 0 Å². The van der Waals surface area contributed by atoms with E-state index in [1.54, 1.807) is 11.3 Å². The second-order valence-corrected chi connectivity index (χ2v) is 7.93. The third-order valence-electron chi connectivity index (χ3n) is 4.24. The molecule has 21 heavy (non-hydrogen) atoms. The minimum atomic E-state index is -0.0593. The maximum absolute atomic E-state index is 12.3. The maximum Gasteiger partial charge on any atom is 0.261 e. The molecule has 0 aliphatic heterocycles. The minimum absolute atomic E-state index is 0.0396. The Kier molecular flexibility index (Phi) is 5.82. The summed E-state index contributed by atoms with van der Waals surface area (Å²) in [7, 11) is 0. The van der Waals surface area contributed by atoms with E-state index in [2.05, 4.69) is 25.2 Å². The molecule has 0 atom stereocenters. The lowest BCUT2D eigenvalue weighted by Gasteiger charge is -2.23. The van der Waals surface area contributed by atoms with Gasteiger partial charge in [0.15, 0.2) is 0 Å². The van der Waals surface area contributed by atoms with E-state index < -0.39 is 0 Å². The first kappa shape index (κ1) is 16.5. The highest BCUT2D eigenvalue weighted by atomic mass is 32.1. The Balaban J connectivity index is 1.98. The zero-order valence-electron chi connectivity index (χ0n) is 13.2. The predicted octanol–water partition coefficient (Wildman–Crippen LogP) is 3.55. The summed E-state index contributed by atoms with van der Waals surface area (Å²) in [4.78, 5) is 14.6. The average molecular weight is 309 g/mol. The molecular formula is C17H27NO2S. The lowest BCUT2D eigenvalue weighted by Crippen LogP contribution is -2.34. The topological polar surface area (TPSA) is 49.3 Å². The molecule has 4 heteroatoms. The lowest BCUT2D eigenvalue weighted by molar-refractivity contribution is 0.0932. The van der Waals surface area contributed by atoms with Crippen LogP contribution in [0.1, 0.15) is 66.1 Å². The van der Waals surface area contributed by atoms with E-state index in [1.807, 2.05) is 0 Å². The number of carbonyl (C=O) groups excluding carboxylic acids is 1. The zero-order chi connectivity index (χ0) is 15.3. The van der Waals surface area contributed by atoms with Crippen molar-refractivity contribution in [3.05, 3.63) is 21.4 Å². The van der Waals surface area contributed by atoms with E-state index in [4.69, 9.17) is 5.11 Å². The van der Waals surface area contributed by atoms with Crippen molar-refractivity contribution < 1.29 is 9.90 Å². The molecule has 1 amide bonds. The largest absolute Gasteiger partial charge is 0.396 e. The van der Waals surface area contributed by atoms with Gasteiger partial charge in [-0.05, 0) is 49.1 Å². The number of aliphatic hydroxyl groups is 1. The second kappa shape index (κ2) is 7.41. The third kappa shape index (κ3) is 4.82. The van der Waals surface area contributed by atoms with Crippen molar-refractivity contribution >= 4 is 17.2 Å². The first-order valence-electron chi connectivity index (χ1n) is 8.02. The Hall–Kier alpha value is -0.870. The summed E-state index contributed by atoms with van der Waals surface area (Å²) >= 11 is 1.67. The summed E-state index contributed by atoms with van der Waals surface area (Å²) < 4.78 is 0. The molecule has 0 saturated heterocycles. The number of hydrogen-bond acceptors (Lipinski definition) is 3. The fourth-order valence-corrected chi connectivity index (χ4v) is 3.92. The van der Waals surface area contributed by atoms with Crippen LogP contribution in [-0.2, 0) is 12.8 Å². The normalized spacial score (nSPS) is 16.0. The molecule has 0 fully saturated rings. The van der Waals surface area contributed by atoms with Crippen molar-refractivity contribution in [2.45, 2.75) is 58.8 Å². The van der Waals surface area contributed by atoms with Crippen molar-refractivity contribution in [2.24, 2.45) is 5.41 Å². The smallest absolute Gasteiger partial charge is 0.261 e. The van der Waals surface area contributed by atoms with Crippen molar-refractivity contribution in [1.29, 1.82) is 0 Å². The average Bonchev–Trinajstić information content (AvgIpc) is 2.78. The van der Waals surface area contributed by atoms with Gasteiger partial charge >= 0.3 is 0 Å². The van der Waals surface area contributed by atoms with E-state index in [-0.39, 0.29) is 17.9 Å². The van der Waals surface area contributed by atoms with Gasteiger partial charge in [0.25, 0.3) is 5.91 Å². The molecule has 1 aliphatic carbocycles. The van der Waals surface area contributed by atoms with Crippen LogP contribution in [0.5, 0.6) is 0 Å². The van der Waals surface area contributed by atoms with E-state index in [1.165, 1.54) is 36.1 Å². The SMILES string of the molecule is CC(C)(CCO)CNC(=O)c1cc2c(s1)CCCCCC2. The molecule has 0 aromatic carbocycles. The van der Waals surface area contributed by atoms with Crippen LogP contribution in [0.4, 0.5) is 0 Å². The number of amides is 1. The number of nitrogens with one attached hydrogen (secondary N) is 1. The van der Waals surface area contributed by atoms with E-state index in [9.17, 15) is 4.79 Å². The van der Waals surface area contributed by atoms with Gasteiger partial charge in [0.05, 0.1) is 4.88 Å². The first-order valence-corrected chi connectivity index (χ1v) is 8.84. The molecule has 0 unspecified atom stereocenters. The Morgan fingerprint density at radius 3 is 2.71 bits per heavy atom. The number of fused-ring (bicyclic) bond motifs is 1. The number of thiophene rings is 1. The number of rotatable bonds is 5. The quantitative estimate of drug-likeness (QED) is 0.874. The van der Waals surface area contributed by atoms with Gasteiger partial charge < -0.3 is 10.4 Å². The molecule has 0 radical (unpaired) electrons. The molecule has 2 N–H and O–H groups in total. The van der Waals surface area contributed by atoms with Gasteiger partial charge in [-0.3, -0.25) is 4.79 Å². The van der Waals surface area contributed by atoms with Gasteiger partial charge in [-0.1, -0.05) is 26.7 Å². The Labute approximate surface area is 131 Å². The number of carbonyl (C=O) groups is 1. The van der Waals surface area contributed by atoms with E-state index in [0.717, 1.165) is 17.7 Å². The summed E-state index contributed by atoms with van der Waals surface area (Å²) in [6, 6.07) is 2.10. The Morgan fingerprint density at radius 2 is 2.00 bits per heavy atom. The number of aryl methyl sites for hydroxylation is 2. The van der Waals surface area contributed by atoms with E-state index >= 15 is 0 Å². The van der Waals surface area contributed by atoms with Gasteiger partial charge in [0, 0.05) is 18.0 Å². The maximum atomic E-state index is 12.3. The summed E-state index contributed by atoms with van der Waals surface area (Å²) in [5.41, 5.74) is 1.33. The van der Waals surface area contributed by atoms with Crippen LogP contribution in [0.3, 0.4) is 0 Å². The Morgan fingerprint density at radius 1 is 1.29 bits per heavy atom. The number of aliphatic hydroxyl groups excluding tert-OH is 1. The van der Waals surface area contributed by atoms with Gasteiger partial charge in [-0.2, -0.15) is 0 Å². The fourth-order valence-electron chi connectivity index (χ4n) is 2.75. The van der Waals surface area contributed by atoms with Crippen molar-refractivity contribution in [3.63, 3.8) is 0 Å². The highest BCUT2D eigenvalue weighted by molar-refractivity contribution is 7.14. The second-order valence-electron chi connectivity index (χ2n) is 6.79. The van der Waals surface area contributed by atoms with Crippen molar-refractivity contribution in [1.82, 2.24) is 5.32 Å². The van der Waals surface area contributed by atoms with Crippen molar-refractivity contribution in [2.75, 3.05) is 13.2 Å². The first-order chi connectivity index (χ1) is 10.0. The molecule has 3 nitrogen and oxygen atoms in total. The number of hydrogen-bond donors (Lipinski definition) is 2. The molecule has 1 aromatic heterocycles. The molecular weight excluding hydrogens is 282 g/mol. The summed E-state index contributed by atoms with van der Waals surface area (Å²) in [6.07, 6.45) is 8.07. The van der Waals surface area contributed by atoms with Crippen LogP contribution >= 0.6 is 11.3 Å². The fraction of sp³-hybridized carbons (Fsp3) is 0.706. The molecule has 1 aromatic rings. The molecule has 2 rings (SSSR count). The van der Waals surface area contributed by atoms with E-state index in [0.29, 0.717) is 13.0 Å².